The number of phenolic OH excluding ortho intramolecular Hbond substituents is 1. The predicted molar refractivity (Wildman–Crippen MR) is 77.6 cm³/mol. The molecule has 0 radical (unpaired) electrons. The molecule has 19 heavy (non-hydrogen) atoms. The van der Waals surface area contributed by atoms with E-state index in [2.05, 4.69) is 16.8 Å². The van der Waals surface area contributed by atoms with Gasteiger partial charge in [0.2, 0.25) is 0 Å². The maximum Gasteiger partial charge on any atom is 0.121 e. The highest BCUT2D eigenvalue weighted by Crippen LogP contribution is 2.31. The van der Waals surface area contributed by atoms with E-state index >= 15 is 0 Å². The molecule has 3 nitrogen and oxygen atoms in total. The molecule has 2 saturated heterocycles. The fourth-order valence-corrected chi connectivity index (χ4v) is 3.68. The maximum atomic E-state index is 9.95. The highest BCUT2D eigenvalue weighted by molar-refractivity contribution is 6.31. The Morgan fingerprint density at radius 2 is 2.05 bits per heavy atom. The van der Waals surface area contributed by atoms with Crippen LogP contribution in [0.5, 0.6) is 5.75 Å². The number of nitrogens with zero attached hydrogens (tertiary/aromatic N) is 2. The molecule has 2 heterocycles. The topological polar surface area (TPSA) is 26.7 Å². The Morgan fingerprint density at radius 3 is 2.84 bits per heavy atom. The van der Waals surface area contributed by atoms with Crippen molar-refractivity contribution in [2.75, 3.05) is 20.1 Å². The van der Waals surface area contributed by atoms with Crippen LogP contribution < -0.4 is 0 Å². The quantitative estimate of drug-likeness (QED) is 0.902. The van der Waals surface area contributed by atoms with Gasteiger partial charge in [-0.15, -0.1) is 0 Å². The third kappa shape index (κ3) is 2.60. The van der Waals surface area contributed by atoms with Crippen LogP contribution in [-0.2, 0) is 6.54 Å². The summed E-state index contributed by atoms with van der Waals surface area (Å²) in [4.78, 5) is 4.97. The summed E-state index contributed by atoms with van der Waals surface area (Å²) >= 11 is 6.20. The summed E-state index contributed by atoms with van der Waals surface area (Å²) in [5, 5.41) is 10.6. The van der Waals surface area contributed by atoms with Crippen LogP contribution in [0.2, 0.25) is 5.02 Å². The summed E-state index contributed by atoms with van der Waals surface area (Å²) in [5.41, 5.74) is 0.865. The van der Waals surface area contributed by atoms with E-state index in [0.717, 1.165) is 31.2 Å². The van der Waals surface area contributed by atoms with E-state index in [1.54, 1.807) is 12.1 Å². The summed E-state index contributed by atoms with van der Waals surface area (Å²) in [7, 11) is 2.25. The van der Waals surface area contributed by atoms with Gasteiger partial charge in [-0.3, -0.25) is 9.80 Å². The van der Waals surface area contributed by atoms with Crippen LogP contribution in [0, 0.1) is 0 Å². The van der Waals surface area contributed by atoms with Crippen LogP contribution in [0.25, 0.3) is 0 Å². The van der Waals surface area contributed by atoms with Crippen molar-refractivity contribution in [3.63, 3.8) is 0 Å². The lowest BCUT2D eigenvalue weighted by atomic mass is 10.1. The van der Waals surface area contributed by atoms with E-state index in [4.69, 9.17) is 11.6 Å². The van der Waals surface area contributed by atoms with Gasteiger partial charge in [0, 0.05) is 42.3 Å². The number of fused-ring (bicyclic) bond motifs is 2. The van der Waals surface area contributed by atoms with Gasteiger partial charge in [0.15, 0.2) is 0 Å². The molecule has 3 rings (SSSR count). The minimum absolute atomic E-state index is 0.315. The first-order chi connectivity index (χ1) is 9.15. The summed E-state index contributed by atoms with van der Waals surface area (Å²) in [6, 6.07) is 6.77. The fraction of sp³-hybridized carbons (Fsp3) is 0.600. The Bertz CT molecular complexity index is 445. The zero-order valence-electron chi connectivity index (χ0n) is 11.3. The monoisotopic (exact) mass is 280 g/mol. The molecule has 2 aliphatic heterocycles. The second-order valence-electron chi connectivity index (χ2n) is 5.81. The van der Waals surface area contributed by atoms with Crippen LogP contribution in [0.4, 0.5) is 0 Å². The number of aromatic hydroxyl groups is 1. The van der Waals surface area contributed by atoms with Gasteiger partial charge in [-0.2, -0.15) is 0 Å². The highest BCUT2D eigenvalue weighted by Gasteiger charge is 2.34. The second-order valence-corrected chi connectivity index (χ2v) is 6.22. The maximum absolute atomic E-state index is 9.95. The average molecular weight is 281 g/mol. The van der Waals surface area contributed by atoms with E-state index in [-0.39, 0.29) is 0 Å². The Labute approximate surface area is 119 Å². The van der Waals surface area contributed by atoms with Crippen molar-refractivity contribution >= 4 is 11.6 Å². The molecule has 2 fully saturated rings. The van der Waals surface area contributed by atoms with Crippen molar-refractivity contribution in [1.82, 2.24) is 9.80 Å². The number of rotatable bonds is 2. The van der Waals surface area contributed by atoms with Gasteiger partial charge in [-0.25, -0.2) is 0 Å². The lowest BCUT2D eigenvalue weighted by Crippen LogP contribution is -2.36. The smallest absolute Gasteiger partial charge is 0.121 e. The highest BCUT2D eigenvalue weighted by atomic mass is 35.5. The molecule has 2 unspecified atom stereocenters. The van der Waals surface area contributed by atoms with E-state index in [1.165, 1.54) is 19.3 Å². The number of likely N-dealkylation sites (N-methyl/N-ethyl adjacent to an activating group) is 1. The molecule has 0 aromatic heterocycles. The van der Waals surface area contributed by atoms with E-state index < -0.39 is 0 Å². The van der Waals surface area contributed by atoms with Gasteiger partial charge in [0.1, 0.15) is 5.75 Å². The number of benzene rings is 1. The molecule has 1 N–H and O–H groups in total. The van der Waals surface area contributed by atoms with Gasteiger partial charge in [-0.1, -0.05) is 17.7 Å². The molecule has 2 atom stereocenters. The molecule has 104 valence electrons. The largest absolute Gasteiger partial charge is 0.508 e. The van der Waals surface area contributed by atoms with Gasteiger partial charge in [0.05, 0.1) is 0 Å². The minimum Gasteiger partial charge on any atom is -0.508 e. The Hall–Kier alpha value is -0.770. The summed E-state index contributed by atoms with van der Waals surface area (Å²) in [6.07, 6.45) is 3.86. The van der Waals surface area contributed by atoms with Crippen LogP contribution in [-0.4, -0.2) is 47.1 Å². The van der Waals surface area contributed by atoms with Gasteiger partial charge < -0.3 is 5.11 Å². The van der Waals surface area contributed by atoms with Crippen molar-refractivity contribution < 1.29 is 5.11 Å². The van der Waals surface area contributed by atoms with Gasteiger partial charge in [-0.05, 0) is 38.4 Å². The average Bonchev–Trinajstić information content (AvgIpc) is 2.61. The summed E-state index contributed by atoms with van der Waals surface area (Å²) in [6.45, 7) is 2.93. The van der Waals surface area contributed by atoms with Gasteiger partial charge in [0.25, 0.3) is 0 Å². The first-order valence-corrected chi connectivity index (χ1v) is 7.43. The first kappa shape index (κ1) is 13.2. The van der Waals surface area contributed by atoms with E-state index in [1.807, 2.05) is 6.07 Å². The third-order valence-electron chi connectivity index (χ3n) is 4.71. The Kier molecular flexibility index (Phi) is 3.70. The van der Waals surface area contributed by atoms with Gasteiger partial charge >= 0.3 is 0 Å². The second kappa shape index (κ2) is 5.31. The molecule has 1 aromatic rings. The zero-order chi connectivity index (χ0) is 13.4. The Balaban J connectivity index is 1.74. The molecule has 0 aliphatic carbocycles. The molecule has 1 aromatic carbocycles. The Morgan fingerprint density at radius 1 is 1.26 bits per heavy atom. The molecule has 0 spiro atoms. The standard InChI is InChI=1S/C15H21ClN2O/c1-17-11-5-6-12(17)9-18(8-7-11)10-13-14(16)3-2-4-15(13)19/h2-4,11-12,19H,5-10H2,1H3. The number of likely N-dealkylation sites (tertiary alicyclic amines) is 1. The number of hydrogen-bond acceptors (Lipinski definition) is 3. The minimum atomic E-state index is 0.315. The van der Waals surface area contributed by atoms with Crippen molar-refractivity contribution in [3.8, 4) is 5.75 Å². The van der Waals surface area contributed by atoms with Crippen LogP contribution >= 0.6 is 11.6 Å². The zero-order valence-corrected chi connectivity index (χ0v) is 12.1. The molecule has 0 saturated carbocycles. The molecule has 2 bridgehead atoms. The van der Waals surface area contributed by atoms with Crippen molar-refractivity contribution in [2.45, 2.75) is 37.9 Å². The van der Waals surface area contributed by atoms with E-state index in [0.29, 0.717) is 16.8 Å². The molecular weight excluding hydrogens is 260 g/mol. The fourth-order valence-electron chi connectivity index (χ4n) is 3.45. The molecule has 0 amide bonds. The van der Waals surface area contributed by atoms with Crippen LogP contribution in [0.1, 0.15) is 24.8 Å². The summed E-state index contributed by atoms with van der Waals surface area (Å²) < 4.78 is 0. The number of phenols is 1. The molecule has 2 aliphatic rings. The SMILES string of the molecule is CN1C2CCC1CN(Cc1c(O)cccc1Cl)CC2. The van der Waals surface area contributed by atoms with Crippen molar-refractivity contribution in [1.29, 1.82) is 0 Å². The van der Waals surface area contributed by atoms with Crippen LogP contribution in [0.3, 0.4) is 0 Å². The lowest BCUT2D eigenvalue weighted by molar-refractivity contribution is 0.213. The first-order valence-electron chi connectivity index (χ1n) is 7.06. The normalized spacial score (nSPS) is 28.5. The molecular formula is C15H21ClN2O. The predicted octanol–water partition coefficient (Wildman–Crippen LogP) is 2.71. The number of hydrogen-bond donors (Lipinski definition) is 1. The van der Waals surface area contributed by atoms with E-state index in [9.17, 15) is 5.11 Å². The number of halogens is 1. The molecule has 4 heteroatoms. The van der Waals surface area contributed by atoms with Crippen molar-refractivity contribution in [2.24, 2.45) is 0 Å². The lowest BCUT2D eigenvalue weighted by Gasteiger charge is -2.26. The third-order valence-corrected chi connectivity index (χ3v) is 5.06. The van der Waals surface area contributed by atoms with Crippen molar-refractivity contribution in [3.05, 3.63) is 28.8 Å². The summed E-state index contributed by atoms with van der Waals surface area (Å²) in [5.74, 6) is 0.315. The van der Waals surface area contributed by atoms with Crippen LogP contribution in [0.15, 0.2) is 18.2 Å².